The lowest BCUT2D eigenvalue weighted by molar-refractivity contribution is -0.384. The van der Waals surface area contributed by atoms with Gasteiger partial charge in [0.05, 0.1) is 14.8 Å². The average molecular weight is 480 g/mol. The molecule has 0 radical (unpaired) electrons. The van der Waals surface area contributed by atoms with Crippen molar-refractivity contribution >= 4 is 49.3 Å². The Balaban J connectivity index is 1.90. The van der Waals surface area contributed by atoms with Crippen molar-refractivity contribution in [1.82, 2.24) is 0 Å². The number of hydrogen-bond donors (Lipinski definition) is 0. The van der Waals surface area contributed by atoms with E-state index in [1.54, 1.807) is 12.1 Å². The molecule has 0 aromatic heterocycles. The molecule has 2 aliphatic heterocycles. The molecule has 26 heavy (non-hydrogen) atoms. The van der Waals surface area contributed by atoms with Crippen molar-refractivity contribution in [3.05, 3.63) is 66.6 Å². The number of likely N-dealkylation sites (N-methyl/N-ethyl adjacent to an activating group) is 1. The van der Waals surface area contributed by atoms with Crippen molar-refractivity contribution in [3.8, 4) is 5.75 Å². The number of ether oxygens (including phenoxy) is 1. The molecule has 0 saturated heterocycles. The van der Waals surface area contributed by atoms with E-state index in [0.29, 0.717) is 0 Å². The second-order valence-electron chi connectivity index (χ2n) is 7.08. The molecule has 5 nitrogen and oxygen atoms in total. The number of halogens is 2. The van der Waals surface area contributed by atoms with Crippen LogP contribution in [-0.2, 0) is 5.41 Å². The van der Waals surface area contributed by atoms with E-state index in [1.807, 2.05) is 31.3 Å². The van der Waals surface area contributed by atoms with Gasteiger partial charge in [0.25, 0.3) is 5.69 Å². The minimum atomic E-state index is -0.770. The summed E-state index contributed by atoms with van der Waals surface area (Å²) in [4.78, 5) is 12.9. The SMILES string of the molecule is CN1c2ccc([N+](=O)[O-])cc2C(C)(C)[C@]12C=Cc1cc(Br)cc(Br)c1O2. The van der Waals surface area contributed by atoms with Gasteiger partial charge in [0.2, 0.25) is 5.72 Å². The summed E-state index contributed by atoms with van der Waals surface area (Å²) in [6.45, 7) is 4.11. The number of hydrogen-bond acceptors (Lipinski definition) is 4. The third-order valence-corrected chi connectivity index (χ3v) is 6.45. The fraction of sp³-hybridized carbons (Fsp3) is 0.263. The zero-order chi connectivity index (χ0) is 18.9. The average Bonchev–Trinajstić information content (AvgIpc) is 2.74. The Morgan fingerprint density at radius 2 is 1.92 bits per heavy atom. The van der Waals surface area contributed by atoms with Gasteiger partial charge in [0, 0.05) is 34.9 Å². The normalized spacial score (nSPS) is 22.1. The number of anilines is 1. The molecular formula is C19H16Br2N2O3. The smallest absolute Gasteiger partial charge is 0.269 e. The molecule has 2 aromatic rings. The summed E-state index contributed by atoms with van der Waals surface area (Å²) >= 11 is 7.09. The maximum absolute atomic E-state index is 11.2. The van der Waals surface area contributed by atoms with Crippen molar-refractivity contribution in [2.45, 2.75) is 25.0 Å². The van der Waals surface area contributed by atoms with Gasteiger partial charge in [0.15, 0.2) is 0 Å². The molecule has 1 atom stereocenters. The number of fused-ring (bicyclic) bond motifs is 2. The van der Waals surface area contributed by atoms with Crippen LogP contribution in [0, 0.1) is 10.1 Å². The second-order valence-corrected chi connectivity index (χ2v) is 8.85. The molecule has 4 rings (SSSR count). The standard InChI is InChI=1S/C19H16Br2N2O3/c1-18(2)14-10-13(23(24)25)4-5-16(14)22(3)19(18)7-6-11-8-12(20)9-15(21)17(11)26-19/h4-10H,1-3H3/t19-/m1/s1. The molecule has 0 aliphatic carbocycles. The zero-order valence-electron chi connectivity index (χ0n) is 14.4. The van der Waals surface area contributed by atoms with Gasteiger partial charge in [-0.15, -0.1) is 0 Å². The van der Waals surface area contributed by atoms with Crippen LogP contribution < -0.4 is 9.64 Å². The summed E-state index contributed by atoms with van der Waals surface area (Å²) in [5.74, 6) is 0.762. The molecule has 0 fully saturated rings. The van der Waals surface area contributed by atoms with Gasteiger partial charge in [-0.3, -0.25) is 10.1 Å². The summed E-state index contributed by atoms with van der Waals surface area (Å²) in [7, 11) is 1.96. The number of nitrogens with zero attached hydrogens (tertiary/aromatic N) is 2. The van der Waals surface area contributed by atoms with Gasteiger partial charge >= 0.3 is 0 Å². The lowest BCUT2D eigenvalue weighted by Gasteiger charge is -2.46. The summed E-state index contributed by atoms with van der Waals surface area (Å²) in [5, 5.41) is 11.2. The van der Waals surface area contributed by atoms with Crippen LogP contribution in [0.15, 0.2) is 45.4 Å². The Labute approximate surface area is 168 Å². The van der Waals surface area contributed by atoms with Crippen molar-refractivity contribution in [2.75, 3.05) is 11.9 Å². The van der Waals surface area contributed by atoms with Crippen molar-refractivity contribution in [2.24, 2.45) is 0 Å². The van der Waals surface area contributed by atoms with Crippen LogP contribution in [0.4, 0.5) is 11.4 Å². The van der Waals surface area contributed by atoms with Gasteiger partial charge < -0.3 is 9.64 Å². The minimum absolute atomic E-state index is 0.0903. The first-order valence-corrected chi connectivity index (χ1v) is 9.66. The molecule has 7 heteroatoms. The van der Waals surface area contributed by atoms with Crippen LogP contribution in [0.3, 0.4) is 0 Å². The Kier molecular flexibility index (Phi) is 3.76. The number of non-ortho nitro benzene ring substituents is 1. The Bertz CT molecular complexity index is 987. The van der Waals surface area contributed by atoms with Crippen LogP contribution in [0.25, 0.3) is 6.08 Å². The third kappa shape index (κ3) is 2.19. The number of benzene rings is 2. The first-order valence-electron chi connectivity index (χ1n) is 8.07. The monoisotopic (exact) mass is 478 g/mol. The van der Waals surface area contributed by atoms with Gasteiger partial charge in [-0.05, 0) is 65.7 Å². The maximum Gasteiger partial charge on any atom is 0.269 e. The highest BCUT2D eigenvalue weighted by Crippen LogP contribution is 2.55. The van der Waals surface area contributed by atoms with E-state index < -0.39 is 11.1 Å². The highest BCUT2D eigenvalue weighted by molar-refractivity contribution is 9.11. The highest BCUT2D eigenvalue weighted by Gasteiger charge is 2.58. The minimum Gasteiger partial charge on any atom is -0.462 e. The molecule has 0 N–H and O–H groups in total. The summed E-state index contributed by atoms with van der Waals surface area (Å²) in [6, 6.07) is 8.95. The molecule has 2 heterocycles. The third-order valence-electron chi connectivity index (χ3n) is 5.40. The predicted molar refractivity (Wildman–Crippen MR) is 109 cm³/mol. The molecule has 0 unspecified atom stereocenters. The van der Waals surface area contributed by atoms with Crippen LogP contribution in [0.1, 0.15) is 25.0 Å². The summed E-state index contributed by atoms with van der Waals surface area (Å²) in [5.41, 5.74) is 1.63. The van der Waals surface area contributed by atoms with Crippen molar-refractivity contribution < 1.29 is 9.66 Å². The van der Waals surface area contributed by atoms with E-state index in [9.17, 15) is 10.1 Å². The molecule has 0 amide bonds. The molecule has 2 aromatic carbocycles. The van der Waals surface area contributed by atoms with Crippen LogP contribution >= 0.6 is 31.9 Å². The molecule has 2 aliphatic rings. The topological polar surface area (TPSA) is 55.6 Å². The highest BCUT2D eigenvalue weighted by atomic mass is 79.9. The maximum atomic E-state index is 11.2. The van der Waals surface area contributed by atoms with E-state index in [-0.39, 0.29) is 10.6 Å². The fourth-order valence-electron chi connectivity index (χ4n) is 3.94. The first-order chi connectivity index (χ1) is 12.2. The fourth-order valence-corrected chi connectivity index (χ4v) is 5.28. The molecular weight excluding hydrogens is 464 g/mol. The lowest BCUT2D eigenvalue weighted by atomic mass is 9.76. The van der Waals surface area contributed by atoms with Crippen molar-refractivity contribution in [3.63, 3.8) is 0 Å². The number of nitro benzene ring substituents is 1. The van der Waals surface area contributed by atoms with Gasteiger partial charge in [-0.25, -0.2) is 0 Å². The quantitative estimate of drug-likeness (QED) is 0.391. The number of rotatable bonds is 1. The van der Waals surface area contributed by atoms with Gasteiger partial charge in [-0.2, -0.15) is 0 Å². The van der Waals surface area contributed by atoms with Gasteiger partial charge in [0.1, 0.15) is 5.75 Å². The van der Waals surface area contributed by atoms with E-state index >= 15 is 0 Å². The van der Waals surface area contributed by atoms with E-state index in [2.05, 4.69) is 50.6 Å². The van der Waals surface area contributed by atoms with Gasteiger partial charge in [-0.1, -0.05) is 15.9 Å². The molecule has 0 saturated carbocycles. The Morgan fingerprint density at radius 3 is 2.62 bits per heavy atom. The molecule has 1 spiro atoms. The number of nitro groups is 1. The van der Waals surface area contributed by atoms with Crippen LogP contribution in [0.5, 0.6) is 5.75 Å². The summed E-state index contributed by atoms with van der Waals surface area (Å²) < 4.78 is 8.40. The largest absolute Gasteiger partial charge is 0.462 e. The van der Waals surface area contributed by atoms with Crippen LogP contribution in [-0.4, -0.2) is 17.7 Å². The summed E-state index contributed by atoms with van der Waals surface area (Å²) in [6.07, 6.45) is 4.09. The van der Waals surface area contributed by atoms with E-state index in [0.717, 1.165) is 31.5 Å². The zero-order valence-corrected chi connectivity index (χ0v) is 17.6. The predicted octanol–water partition coefficient (Wildman–Crippen LogP) is 5.65. The molecule has 0 bridgehead atoms. The van der Waals surface area contributed by atoms with E-state index in [1.165, 1.54) is 6.07 Å². The first kappa shape index (κ1) is 17.5. The Morgan fingerprint density at radius 1 is 1.19 bits per heavy atom. The Hall–Kier alpha value is -1.86. The van der Waals surface area contributed by atoms with Crippen LogP contribution in [0.2, 0.25) is 0 Å². The van der Waals surface area contributed by atoms with E-state index in [4.69, 9.17) is 4.74 Å². The lowest BCUT2D eigenvalue weighted by Crippen LogP contribution is -2.58. The van der Waals surface area contributed by atoms with Crippen molar-refractivity contribution in [1.29, 1.82) is 0 Å². The molecule has 134 valence electrons. The second kappa shape index (κ2) is 5.57.